The number of benzene rings is 1. The van der Waals surface area contributed by atoms with E-state index in [1.165, 1.54) is 17.4 Å². The first-order valence-corrected chi connectivity index (χ1v) is 7.58. The maximum atomic E-state index is 6.20. The predicted octanol–water partition coefficient (Wildman–Crippen LogP) is 2.79. The van der Waals surface area contributed by atoms with Crippen molar-refractivity contribution in [2.24, 2.45) is 11.7 Å². The fraction of sp³-hybridized carbons (Fsp3) is 0.471. The Hall–Kier alpha value is -1.45. The van der Waals surface area contributed by atoms with E-state index in [9.17, 15) is 0 Å². The second-order valence-electron chi connectivity index (χ2n) is 5.85. The zero-order valence-corrected chi connectivity index (χ0v) is 12.1. The molecule has 0 bridgehead atoms. The number of likely N-dealkylation sites (tertiary alicyclic amines) is 1. The van der Waals surface area contributed by atoms with Gasteiger partial charge in [-0.3, -0.25) is 9.88 Å². The van der Waals surface area contributed by atoms with Crippen molar-refractivity contribution in [2.75, 3.05) is 13.1 Å². The lowest BCUT2D eigenvalue weighted by Gasteiger charge is -2.36. The minimum absolute atomic E-state index is 0.377. The molecule has 3 nitrogen and oxygen atoms in total. The molecule has 0 amide bonds. The fourth-order valence-corrected chi connectivity index (χ4v) is 3.24. The fourth-order valence-electron chi connectivity index (χ4n) is 3.24. The third-order valence-electron chi connectivity index (χ3n) is 4.51. The van der Waals surface area contributed by atoms with Crippen LogP contribution in [0.4, 0.5) is 0 Å². The van der Waals surface area contributed by atoms with Crippen LogP contribution in [0.2, 0.25) is 0 Å². The summed E-state index contributed by atoms with van der Waals surface area (Å²) in [6.45, 7) is 5.44. The number of hydrogen-bond donors (Lipinski definition) is 1. The number of aromatic nitrogens is 1. The Morgan fingerprint density at radius 1 is 1.30 bits per heavy atom. The highest BCUT2D eigenvalue weighted by Gasteiger charge is 2.25. The van der Waals surface area contributed by atoms with E-state index in [1.54, 1.807) is 0 Å². The van der Waals surface area contributed by atoms with Crippen LogP contribution < -0.4 is 5.73 Å². The molecule has 106 valence electrons. The lowest BCUT2D eigenvalue weighted by Crippen LogP contribution is -2.46. The number of para-hydroxylation sites is 1. The summed E-state index contributed by atoms with van der Waals surface area (Å²) in [5.41, 5.74) is 8.66. The normalized spacial score (nSPS) is 24.1. The van der Waals surface area contributed by atoms with Gasteiger partial charge in [-0.2, -0.15) is 0 Å². The molecular weight excluding hydrogens is 246 g/mol. The van der Waals surface area contributed by atoms with E-state index in [0.29, 0.717) is 12.0 Å². The Balaban J connectivity index is 1.80. The van der Waals surface area contributed by atoms with Crippen molar-refractivity contribution >= 4 is 10.9 Å². The first-order chi connectivity index (χ1) is 9.78. The summed E-state index contributed by atoms with van der Waals surface area (Å²) in [5.74, 6) is 0.631. The maximum absolute atomic E-state index is 6.20. The van der Waals surface area contributed by atoms with Crippen LogP contribution in [0.15, 0.2) is 36.5 Å². The number of fused-ring (bicyclic) bond motifs is 1. The Labute approximate surface area is 120 Å². The molecule has 3 rings (SSSR count). The molecule has 0 aliphatic carbocycles. The van der Waals surface area contributed by atoms with Gasteiger partial charge in [0.15, 0.2) is 0 Å². The molecule has 2 atom stereocenters. The first-order valence-electron chi connectivity index (χ1n) is 7.58. The topological polar surface area (TPSA) is 42.2 Å². The molecule has 1 aliphatic rings. The zero-order valence-electron chi connectivity index (χ0n) is 12.1. The largest absolute Gasteiger partial charge is 0.327 e. The highest BCUT2D eigenvalue weighted by Crippen LogP contribution is 2.23. The average molecular weight is 269 g/mol. The van der Waals surface area contributed by atoms with Gasteiger partial charge in [0.25, 0.3) is 0 Å². The molecule has 2 aromatic rings. The van der Waals surface area contributed by atoms with Crippen molar-refractivity contribution in [2.45, 2.75) is 32.4 Å². The molecule has 1 fully saturated rings. The van der Waals surface area contributed by atoms with Gasteiger partial charge in [0, 0.05) is 30.7 Å². The van der Waals surface area contributed by atoms with Crippen LogP contribution >= 0.6 is 0 Å². The van der Waals surface area contributed by atoms with Gasteiger partial charge >= 0.3 is 0 Å². The van der Waals surface area contributed by atoms with Gasteiger partial charge in [-0.15, -0.1) is 0 Å². The SMILES string of the molecule is CCC1CN(Cc2cccc3cccnc23)CCC1N. The molecule has 0 saturated carbocycles. The standard InChI is InChI=1S/C17H23N3/c1-2-13-11-20(10-8-16(13)18)12-15-6-3-5-14-7-4-9-19-17(14)15/h3-7,9,13,16H,2,8,10-12,18H2,1H3. The third-order valence-corrected chi connectivity index (χ3v) is 4.51. The summed E-state index contributed by atoms with van der Waals surface area (Å²) < 4.78 is 0. The van der Waals surface area contributed by atoms with E-state index in [1.807, 2.05) is 12.3 Å². The number of piperidine rings is 1. The smallest absolute Gasteiger partial charge is 0.0746 e. The van der Waals surface area contributed by atoms with Crippen molar-refractivity contribution in [1.82, 2.24) is 9.88 Å². The van der Waals surface area contributed by atoms with Gasteiger partial charge < -0.3 is 5.73 Å². The number of nitrogens with zero attached hydrogens (tertiary/aromatic N) is 2. The van der Waals surface area contributed by atoms with E-state index in [0.717, 1.165) is 31.6 Å². The Kier molecular flexibility index (Phi) is 3.99. The van der Waals surface area contributed by atoms with Gasteiger partial charge in [0.1, 0.15) is 0 Å². The molecule has 0 radical (unpaired) electrons. The molecular formula is C17H23N3. The van der Waals surface area contributed by atoms with E-state index >= 15 is 0 Å². The van der Waals surface area contributed by atoms with Gasteiger partial charge in [-0.1, -0.05) is 37.6 Å². The van der Waals surface area contributed by atoms with E-state index in [-0.39, 0.29) is 0 Å². The second kappa shape index (κ2) is 5.90. The van der Waals surface area contributed by atoms with Crippen LogP contribution in [0.5, 0.6) is 0 Å². The van der Waals surface area contributed by atoms with Crippen LogP contribution in [-0.2, 0) is 6.54 Å². The first kappa shape index (κ1) is 13.5. The predicted molar refractivity (Wildman–Crippen MR) is 83.4 cm³/mol. The van der Waals surface area contributed by atoms with Crippen LogP contribution in [0.3, 0.4) is 0 Å². The molecule has 3 heteroatoms. The summed E-state index contributed by atoms with van der Waals surface area (Å²) in [7, 11) is 0. The number of nitrogens with two attached hydrogens (primary N) is 1. The Morgan fingerprint density at radius 3 is 3.00 bits per heavy atom. The Morgan fingerprint density at radius 2 is 2.15 bits per heavy atom. The van der Waals surface area contributed by atoms with Gasteiger partial charge in [-0.05, 0) is 30.5 Å². The van der Waals surface area contributed by atoms with Crippen LogP contribution in [0.1, 0.15) is 25.3 Å². The van der Waals surface area contributed by atoms with Gasteiger partial charge in [-0.25, -0.2) is 0 Å². The quantitative estimate of drug-likeness (QED) is 0.931. The minimum atomic E-state index is 0.377. The molecule has 2 unspecified atom stereocenters. The summed E-state index contributed by atoms with van der Waals surface area (Å²) in [6.07, 6.45) is 4.16. The maximum Gasteiger partial charge on any atom is 0.0746 e. The summed E-state index contributed by atoms with van der Waals surface area (Å²) in [5, 5.41) is 1.23. The molecule has 0 spiro atoms. The van der Waals surface area contributed by atoms with Crippen molar-refractivity contribution in [1.29, 1.82) is 0 Å². The minimum Gasteiger partial charge on any atom is -0.327 e. The highest BCUT2D eigenvalue weighted by atomic mass is 15.1. The molecule has 1 aliphatic heterocycles. The summed E-state index contributed by atoms with van der Waals surface area (Å²) in [4.78, 5) is 7.08. The Bertz CT molecular complexity index is 576. The summed E-state index contributed by atoms with van der Waals surface area (Å²) >= 11 is 0. The third kappa shape index (κ3) is 2.69. The highest BCUT2D eigenvalue weighted by molar-refractivity contribution is 5.81. The van der Waals surface area contributed by atoms with Crippen LogP contribution in [0, 0.1) is 5.92 Å². The molecule has 2 heterocycles. The molecule has 1 aromatic carbocycles. The molecule has 2 N–H and O–H groups in total. The van der Waals surface area contributed by atoms with Gasteiger partial charge in [0.2, 0.25) is 0 Å². The van der Waals surface area contributed by atoms with E-state index in [4.69, 9.17) is 5.73 Å². The second-order valence-corrected chi connectivity index (χ2v) is 5.85. The van der Waals surface area contributed by atoms with Crippen molar-refractivity contribution in [3.63, 3.8) is 0 Å². The summed E-state index contributed by atoms with van der Waals surface area (Å²) in [6, 6.07) is 11.0. The molecule has 20 heavy (non-hydrogen) atoms. The zero-order chi connectivity index (χ0) is 13.9. The lowest BCUT2D eigenvalue weighted by molar-refractivity contribution is 0.146. The average Bonchev–Trinajstić information content (AvgIpc) is 2.49. The van der Waals surface area contributed by atoms with E-state index in [2.05, 4.69) is 41.1 Å². The number of rotatable bonds is 3. The number of hydrogen-bond acceptors (Lipinski definition) is 3. The lowest BCUT2D eigenvalue weighted by atomic mass is 9.90. The van der Waals surface area contributed by atoms with E-state index < -0.39 is 0 Å². The van der Waals surface area contributed by atoms with Crippen molar-refractivity contribution < 1.29 is 0 Å². The van der Waals surface area contributed by atoms with Gasteiger partial charge in [0.05, 0.1) is 5.52 Å². The number of pyridine rings is 1. The molecule has 1 saturated heterocycles. The van der Waals surface area contributed by atoms with Crippen molar-refractivity contribution in [3.05, 3.63) is 42.1 Å². The molecule has 1 aromatic heterocycles. The van der Waals surface area contributed by atoms with Crippen molar-refractivity contribution in [3.8, 4) is 0 Å². The monoisotopic (exact) mass is 269 g/mol. The van der Waals surface area contributed by atoms with Crippen LogP contribution in [0.25, 0.3) is 10.9 Å². The van der Waals surface area contributed by atoms with Crippen LogP contribution in [-0.4, -0.2) is 29.0 Å².